The lowest BCUT2D eigenvalue weighted by Crippen LogP contribution is -2.49. The van der Waals surface area contributed by atoms with Gasteiger partial charge >= 0.3 is 0 Å². The molecule has 5 nitrogen and oxygen atoms in total. The molecule has 0 bridgehead atoms. The van der Waals surface area contributed by atoms with E-state index in [1.165, 1.54) is 5.56 Å². The summed E-state index contributed by atoms with van der Waals surface area (Å²) >= 11 is 0. The van der Waals surface area contributed by atoms with Gasteiger partial charge in [-0.15, -0.1) is 12.4 Å². The Hall–Kier alpha value is -2.08. The summed E-state index contributed by atoms with van der Waals surface area (Å²) in [5.41, 5.74) is 8.83. The number of ether oxygens (including phenoxy) is 2. The smallest absolute Gasteiger partial charge is 0.228 e. The van der Waals surface area contributed by atoms with Crippen LogP contribution < -0.4 is 15.8 Å². The molecule has 0 aromatic heterocycles. The molecule has 2 aromatic carbocycles. The quantitative estimate of drug-likeness (QED) is 0.714. The van der Waals surface area contributed by atoms with Gasteiger partial charge in [0.15, 0.2) is 0 Å². The third-order valence-electron chi connectivity index (χ3n) is 5.54. The number of hydrogen-bond donors (Lipinski definition) is 2. The zero-order valence-electron chi connectivity index (χ0n) is 17.1. The molecular weight excluding hydrogens is 388 g/mol. The third kappa shape index (κ3) is 5.95. The third-order valence-corrected chi connectivity index (χ3v) is 5.54. The van der Waals surface area contributed by atoms with Crippen molar-refractivity contribution in [2.24, 2.45) is 11.1 Å². The summed E-state index contributed by atoms with van der Waals surface area (Å²) in [4.78, 5) is 12.8. The number of rotatable bonds is 7. The summed E-state index contributed by atoms with van der Waals surface area (Å²) in [6, 6.07) is 16.1. The maximum absolute atomic E-state index is 12.8. The second-order valence-electron chi connectivity index (χ2n) is 7.64. The first-order valence-electron chi connectivity index (χ1n) is 9.89. The predicted molar refractivity (Wildman–Crippen MR) is 117 cm³/mol. The van der Waals surface area contributed by atoms with Crippen LogP contribution in [0.25, 0.3) is 0 Å². The fraction of sp³-hybridized carbons (Fsp3) is 0.435. The Balaban J connectivity index is 0.00000300. The zero-order chi connectivity index (χ0) is 20.0. The average Bonchev–Trinajstić information content (AvgIpc) is 2.73. The van der Waals surface area contributed by atoms with Crippen molar-refractivity contribution in [3.8, 4) is 5.75 Å². The van der Waals surface area contributed by atoms with Crippen LogP contribution in [0.4, 0.5) is 0 Å². The molecular formula is C23H31ClN2O3. The fourth-order valence-electron chi connectivity index (χ4n) is 3.54. The molecule has 1 heterocycles. The van der Waals surface area contributed by atoms with Crippen molar-refractivity contribution in [1.82, 2.24) is 5.32 Å². The molecule has 0 saturated carbocycles. The van der Waals surface area contributed by atoms with Gasteiger partial charge in [0.2, 0.25) is 5.91 Å². The normalized spacial score (nSPS) is 16.4. The second kappa shape index (κ2) is 10.6. The molecule has 1 aliphatic rings. The molecule has 6 heteroatoms. The zero-order valence-corrected chi connectivity index (χ0v) is 18.0. The van der Waals surface area contributed by atoms with Crippen LogP contribution in [-0.2, 0) is 16.1 Å². The number of halogens is 1. The average molecular weight is 419 g/mol. The molecule has 1 aliphatic heterocycles. The Bertz CT molecular complexity index is 789. The number of amides is 1. The van der Waals surface area contributed by atoms with Crippen molar-refractivity contribution in [2.45, 2.75) is 39.3 Å². The minimum Gasteiger partial charge on any atom is -0.489 e. The number of carbonyl (C=O) groups excluding carboxylic acids is 1. The van der Waals surface area contributed by atoms with Gasteiger partial charge in [0.25, 0.3) is 0 Å². The highest BCUT2D eigenvalue weighted by Crippen LogP contribution is 2.30. The van der Waals surface area contributed by atoms with Gasteiger partial charge in [0.1, 0.15) is 12.4 Å². The minimum atomic E-state index is -0.511. The van der Waals surface area contributed by atoms with E-state index in [0.717, 1.165) is 16.9 Å². The van der Waals surface area contributed by atoms with Gasteiger partial charge < -0.3 is 20.5 Å². The summed E-state index contributed by atoms with van der Waals surface area (Å²) in [7, 11) is 0. The summed E-state index contributed by atoms with van der Waals surface area (Å²) in [6.07, 6.45) is 1.35. The van der Waals surface area contributed by atoms with E-state index in [1.54, 1.807) is 0 Å². The van der Waals surface area contributed by atoms with Crippen LogP contribution in [0.1, 0.15) is 42.5 Å². The van der Waals surface area contributed by atoms with Gasteiger partial charge in [-0.3, -0.25) is 4.79 Å². The molecule has 1 saturated heterocycles. The van der Waals surface area contributed by atoms with Gasteiger partial charge in [-0.2, -0.15) is 0 Å². The minimum absolute atomic E-state index is 0. The highest BCUT2D eigenvalue weighted by molar-refractivity contribution is 5.85. The van der Waals surface area contributed by atoms with Gasteiger partial charge in [-0.1, -0.05) is 42.0 Å². The molecule has 3 rings (SSSR count). The second-order valence-corrected chi connectivity index (χ2v) is 7.64. The number of benzene rings is 2. The van der Waals surface area contributed by atoms with Crippen LogP contribution >= 0.6 is 12.4 Å². The first kappa shape index (κ1) is 23.2. The maximum atomic E-state index is 12.8. The van der Waals surface area contributed by atoms with Crippen LogP contribution in [0.2, 0.25) is 0 Å². The number of nitrogens with one attached hydrogen (secondary N) is 1. The van der Waals surface area contributed by atoms with Gasteiger partial charge in [-0.25, -0.2) is 0 Å². The van der Waals surface area contributed by atoms with Crippen LogP contribution in [0.3, 0.4) is 0 Å². The molecule has 1 amide bonds. The molecule has 158 valence electrons. The van der Waals surface area contributed by atoms with Crippen LogP contribution in [0.5, 0.6) is 5.75 Å². The largest absolute Gasteiger partial charge is 0.489 e. The maximum Gasteiger partial charge on any atom is 0.228 e. The summed E-state index contributed by atoms with van der Waals surface area (Å²) in [6.45, 7) is 6.13. The number of hydrogen-bond acceptors (Lipinski definition) is 4. The van der Waals surface area contributed by atoms with Gasteiger partial charge in [0.05, 0.1) is 11.5 Å². The monoisotopic (exact) mass is 418 g/mol. The van der Waals surface area contributed by atoms with E-state index in [1.807, 2.05) is 37.3 Å². The van der Waals surface area contributed by atoms with Gasteiger partial charge in [0, 0.05) is 19.8 Å². The molecule has 2 aromatic rings. The Morgan fingerprint density at radius 2 is 1.90 bits per heavy atom. The Morgan fingerprint density at radius 1 is 1.21 bits per heavy atom. The molecule has 0 aliphatic carbocycles. The molecule has 1 fully saturated rings. The molecule has 3 N–H and O–H groups in total. The fourth-order valence-corrected chi connectivity index (χ4v) is 3.54. The van der Waals surface area contributed by atoms with E-state index in [2.05, 4.69) is 30.4 Å². The van der Waals surface area contributed by atoms with Gasteiger partial charge in [-0.05, 0) is 49.9 Å². The highest BCUT2D eigenvalue weighted by Gasteiger charge is 2.39. The van der Waals surface area contributed by atoms with E-state index in [4.69, 9.17) is 15.2 Å². The van der Waals surface area contributed by atoms with Crippen molar-refractivity contribution in [3.05, 3.63) is 65.2 Å². The van der Waals surface area contributed by atoms with Crippen molar-refractivity contribution in [1.29, 1.82) is 0 Å². The van der Waals surface area contributed by atoms with E-state index in [0.29, 0.717) is 39.2 Å². The Kier molecular flexibility index (Phi) is 8.50. The summed E-state index contributed by atoms with van der Waals surface area (Å²) in [5, 5.41) is 3.13. The lowest BCUT2D eigenvalue weighted by atomic mass is 9.79. The molecule has 1 unspecified atom stereocenters. The van der Waals surface area contributed by atoms with E-state index >= 15 is 0 Å². The summed E-state index contributed by atoms with van der Waals surface area (Å²) < 4.78 is 11.3. The van der Waals surface area contributed by atoms with Crippen molar-refractivity contribution < 1.29 is 14.3 Å². The van der Waals surface area contributed by atoms with Crippen molar-refractivity contribution in [3.63, 3.8) is 0 Å². The number of carbonyl (C=O) groups is 1. The molecule has 29 heavy (non-hydrogen) atoms. The predicted octanol–water partition coefficient (Wildman–Crippen LogP) is 3.93. The SMILES string of the molecule is Cc1cccc(COc2ccc(C(C)NC(=O)C3(CN)CCOCC3)cc2)c1.Cl. The topological polar surface area (TPSA) is 73.6 Å². The molecule has 1 atom stereocenters. The van der Waals surface area contributed by atoms with E-state index in [9.17, 15) is 4.79 Å². The lowest BCUT2D eigenvalue weighted by molar-refractivity contribution is -0.136. The number of nitrogens with two attached hydrogens (primary N) is 1. The van der Waals surface area contributed by atoms with Crippen LogP contribution in [0, 0.1) is 12.3 Å². The first-order valence-corrected chi connectivity index (χ1v) is 9.89. The van der Waals surface area contributed by atoms with Crippen molar-refractivity contribution >= 4 is 18.3 Å². The Labute approximate surface area is 179 Å². The number of aryl methyl sites for hydroxylation is 1. The first-order chi connectivity index (χ1) is 13.5. The summed E-state index contributed by atoms with van der Waals surface area (Å²) in [5.74, 6) is 0.831. The van der Waals surface area contributed by atoms with Crippen LogP contribution in [-0.4, -0.2) is 25.7 Å². The Morgan fingerprint density at radius 3 is 2.52 bits per heavy atom. The van der Waals surface area contributed by atoms with E-state index < -0.39 is 5.41 Å². The standard InChI is InChI=1S/C23H30N2O3.ClH/c1-17-4-3-5-19(14-17)15-28-21-8-6-20(7-9-21)18(2)25-22(26)23(16-24)10-12-27-13-11-23;/h3-9,14,18H,10-13,15-16,24H2,1-2H3,(H,25,26);1H. The van der Waals surface area contributed by atoms with Crippen LogP contribution in [0.15, 0.2) is 48.5 Å². The lowest BCUT2D eigenvalue weighted by Gasteiger charge is -2.35. The van der Waals surface area contributed by atoms with E-state index in [-0.39, 0.29) is 24.4 Å². The molecule has 0 spiro atoms. The highest BCUT2D eigenvalue weighted by atomic mass is 35.5. The van der Waals surface area contributed by atoms with Crippen molar-refractivity contribution in [2.75, 3.05) is 19.8 Å². The molecule has 0 radical (unpaired) electrons.